The number of hydrogen-bond donors (Lipinski definition) is 3. The molecule has 1 aromatic heterocycles. The highest BCUT2D eigenvalue weighted by Gasteiger charge is 2.26. The Hall–Kier alpha value is -1.16. The van der Waals surface area contributed by atoms with E-state index < -0.39 is 10.8 Å². The molecule has 162 valence electrons. The van der Waals surface area contributed by atoms with Crippen molar-refractivity contribution in [2.45, 2.75) is 57.2 Å². The van der Waals surface area contributed by atoms with Crippen molar-refractivity contribution in [2.75, 3.05) is 18.8 Å². The molecule has 8 heteroatoms. The van der Waals surface area contributed by atoms with Gasteiger partial charge in [-0.25, -0.2) is 4.39 Å². The van der Waals surface area contributed by atoms with Gasteiger partial charge in [0.1, 0.15) is 5.82 Å². The average Bonchev–Trinajstić information content (AvgIpc) is 3.09. The summed E-state index contributed by atoms with van der Waals surface area (Å²) in [6, 6.07) is 5.16. The molecule has 0 radical (unpaired) electrons. The van der Waals surface area contributed by atoms with Gasteiger partial charge in [-0.1, -0.05) is 13.3 Å². The predicted molar refractivity (Wildman–Crippen MR) is 131 cm³/mol. The monoisotopic (exact) mass is 534 g/mol. The number of aromatic nitrogens is 1. The Bertz CT molecular complexity index is 841. The van der Waals surface area contributed by atoms with Crippen molar-refractivity contribution in [1.82, 2.24) is 15.6 Å². The average molecular weight is 534 g/mol. The van der Waals surface area contributed by atoms with Crippen LogP contribution in [-0.4, -0.2) is 45.3 Å². The minimum Gasteiger partial charge on any atom is -0.361 e. The molecule has 1 aliphatic rings. The first-order valence-corrected chi connectivity index (χ1v) is 11.7. The van der Waals surface area contributed by atoms with Crippen LogP contribution in [0.1, 0.15) is 45.1 Å². The molecule has 1 aliphatic carbocycles. The van der Waals surface area contributed by atoms with Gasteiger partial charge in [0, 0.05) is 58.0 Å². The number of nitrogens with zero attached hydrogens (tertiary/aromatic N) is 1. The molecule has 3 unspecified atom stereocenters. The fraction of sp³-hybridized carbons (Fsp3) is 0.571. The van der Waals surface area contributed by atoms with Gasteiger partial charge < -0.3 is 15.6 Å². The molecule has 0 aliphatic heterocycles. The summed E-state index contributed by atoms with van der Waals surface area (Å²) in [5, 5.41) is 8.20. The van der Waals surface area contributed by atoms with Crippen LogP contribution >= 0.6 is 24.0 Å². The molecule has 2 aromatic rings. The van der Waals surface area contributed by atoms with Gasteiger partial charge in [-0.3, -0.25) is 9.20 Å². The number of halogens is 2. The van der Waals surface area contributed by atoms with Gasteiger partial charge in [0.05, 0.1) is 0 Å². The van der Waals surface area contributed by atoms with E-state index in [1.807, 2.05) is 19.2 Å². The van der Waals surface area contributed by atoms with E-state index in [0.29, 0.717) is 17.8 Å². The molecule has 3 atom stereocenters. The Kier molecular flexibility index (Phi) is 9.88. The van der Waals surface area contributed by atoms with Crippen LogP contribution in [0.3, 0.4) is 0 Å². The second kappa shape index (κ2) is 11.9. The first kappa shape index (κ1) is 24.1. The Morgan fingerprint density at radius 2 is 2.17 bits per heavy atom. The van der Waals surface area contributed by atoms with Crippen molar-refractivity contribution in [1.29, 1.82) is 0 Å². The molecular weight excluding hydrogens is 502 g/mol. The maximum Gasteiger partial charge on any atom is 0.191 e. The Labute approximate surface area is 192 Å². The molecule has 1 fully saturated rings. The third-order valence-corrected chi connectivity index (χ3v) is 7.09. The van der Waals surface area contributed by atoms with E-state index in [-0.39, 0.29) is 29.8 Å². The molecule has 5 nitrogen and oxygen atoms in total. The summed E-state index contributed by atoms with van der Waals surface area (Å²) in [4.78, 5) is 7.86. The van der Waals surface area contributed by atoms with E-state index in [4.69, 9.17) is 4.99 Å². The third kappa shape index (κ3) is 6.67. The minimum absolute atomic E-state index is 0. The Balaban J connectivity index is 0.00000300. The van der Waals surface area contributed by atoms with Gasteiger partial charge in [0.25, 0.3) is 0 Å². The van der Waals surface area contributed by atoms with Crippen LogP contribution in [0.25, 0.3) is 10.9 Å². The molecule has 1 heterocycles. The zero-order valence-electron chi connectivity index (χ0n) is 17.2. The number of H-pyrrole nitrogens is 1. The molecule has 0 bridgehead atoms. The van der Waals surface area contributed by atoms with Crippen LogP contribution in [0.2, 0.25) is 0 Å². The summed E-state index contributed by atoms with van der Waals surface area (Å²) in [6.45, 7) is 5.50. The largest absolute Gasteiger partial charge is 0.361 e. The highest BCUT2D eigenvalue weighted by Crippen LogP contribution is 2.23. The van der Waals surface area contributed by atoms with Crippen LogP contribution in [0, 0.1) is 5.82 Å². The highest BCUT2D eigenvalue weighted by molar-refractivity contribution is 14.0. The summed E-state index contributed by atoms with van der Waals surface area (Å²) in [7, 11) is -0.724. The minimum atomic E-state index is -0.724. The second-order valence-electron chi connectivity index (χ2n) is 7.31. The fourth-order valence-electron chi connectivity index (χ4n) is 3.92. The highest BCUT2D eigenvalue weighted by atomic mass is 127. The van der Waals surface area contributed by atoms with Crippen molar-refractivity contribution >= 4 is 51.6 Å². The Morgan fingerprint density at radius 3 is 2.93 bits per heavy atom. The number of aliphatic imine (C=N–C) groups is 1. The van der Waals surface area contributed by atoms with Crippen LogP contribution in [0.15, 0.2) is 29.4 Å². The van der Waals surface area contributed by atoms with Gasteiger partial charge >= 0.3 is 0 Å². The number of nitrogens with one attached hydrogen (secondary N) is 3. The van der Waals surface area contributed by atoms with Gasteiger partial charge in [0.15, 0.2) is 5.96 Å². The molecule has 3 rings (SSSR count). The van der Waals surface area contributed by atoms with E-state index in [0.717, 1.165) is 66.8 Å². The van der Waals surface area contributed by atoms with Crippen molar-refractivity contribution in [3.05, 3.63) is 35.8 Å². The zero-order chi connectivity index (χ0) is 19.9. The first-order chi connectivity index (χ1) is 13.6. The smallest absolute Gasteiger partial charge is 0.191 e. The summed E-state index contributed by atoms with van der Waals surface area (Å²) in [5.74, 6) is 1.33. The number of benzene rings is 1. The summed E-state index contributed by atoms with van der Waals surface area (Å²) in [6.07, 6.45) is 6.93. The fourth-order valence-corrected chi connectivity index (χ4v) is 5.27. The maximum atomic E-state index is 13.3. The number of hydrogen-bond acceptors (Lipinski definition) is 2. The number of aromatic amines is 1. The Morgan fingerprint density at radius 1 is 1.34 bits per heavy atom. The van der Waals surface area contributed by atoms with Crippen LogP contribution in [-0.2, 0) is 17.2 Å². The molecule has 1 aromatic carbocycles. The van der Waals surface area contributed by atoms with Gasteiger partial charge in [0.2, 0.25) is 0 Å². The SMILES string of the molecule is CCNC(=NCCc1c[nH]c2cc(F)ccc12)NC1CCCC(S(=O)CC)C1.I. The van der Waals surface area contributed by atoms with Crippen molar-refractivity contribution in [3.63, 3.8) is 0 Å². The topological polar surface area (TPSA) is 69.3 Å². The van der Waals surface area contributed by atoms with E-state index in [9.17, 15) is 8.60 Å². The van der Waals surface area contributed by atoms with Crippen molar-refractivity contribution in [2.24, 2.45) is 4.99 Å². The quantitative estimate of drug-likeness (QED) is 0.285. The summed E-state index contributed by atoms with van der Waals surface area (Å²) < 4.78 is 25.5. The molecular formula is C21H32FIN4OS. The molecule has 0 amide bonds. The maximum absolute atomic E-state index is 13.3. The van der Waals surface area contributed by atoms with Crippen LogP contribution in [0.5, 0.6) is 0 Å². The number of fused-ring (bicyclic) bond motifs is 1. The molecule has 0 saturated heterocycles. The normalized spacial score (nSPS) is 20.9. The lowest BCUT2D eigenvalue weighted by Crippen LogP contribution is -2.46. The van der Waals surface area contributed by atoms with Crippen molar-refractivity contribution in [3.8, 4) is 0 Å². The van der Waals surface area contributed by atoms with E-state index in [1.165, 1.54) is 12.1 Å². The summed E-state index contributed by atoms with van der Waals surface area (Å²) >= 11 is 0. The number of guanidine groups is 1. The lowest BCUT2D eigenvalue weighted by molar-refractivity contribution is 0.413. The third-order valence-electron chi connectivity index (χ3n) is 5.35. The van der Waals surface area contributed by atoms with Crippen LogP contribution < -0.4 is 10.6 Å². The summed E-state index contributed by atoms with van der Waals surface area (Å²) in [5.41, 5.74) is 1.96. The molecule has 29 heavy (non-hydrogen) atoms. The predicted octanol–water partition coefficient (Wildman–Crippen LogP) is 4.10. The lowest BCUT2D eigenvalue weighted by atomic mass is 9.95. The first-order valence-electron chi connectivity index (χ1n) is 10.3. The van der Waals surface area contributed by atoms with Gasteiger partial charge in [-0.2, -0.15) is 0 Å². The molecule has 0 spiro atoms. The van der Waals surface area contributed by atoms with Gasteiger partial charge in [-0.05, 0) is 56.4 Å². The van der Waals surface area contributed by atoms with E-state index >= 15 is 0 Å². The van der Waals surface area contributed by atoms with Crippen molar-refractivity contribution < 1.29 is 8.60 Å². The second-order valence-corrected chi connectivity index (χ2v) is 9.32. The zero-order valence-corrected chi connectivity index (χ0v) is 20.3. The standard InChI is InChI=1S/C21H31FN4OS.HI/c1-3-23-21(26-17-6-5-7-18(13-17)28(27)4-2)24-11-10-15-14-25-20-12-16(22)8-9-19(15)20;/h8-9,12,14,17-18,25H,3-7,10-11,13H2,1-2H3,(H2,23,24,26);1H. The van der Waals surface area contributed by atoms with E-state index in [1.54, 1.807) is 0 Å². The lowest BCUT2D eigenvalue weighted by Gasteiger charge is -2.30. The van der Waals surface area contributed by atoms with E-state index in [2.05, 4.69) is 22.5 Å². The number of rotatable bonds is 7. The van der Waals surface area contributed by atoms with Crippen LogP contribution in [0.4, 0.5) is 4.39 Å². The van der Waals surface area contributed by atoms with Gasteiger partial charge in [-0.15, -0.1) is 24.0 Å². The molecule has 3 N–H and O–H groups in total. The molecule has 1 saturated carbocycles.